The SMILES string of the molecule is CC[C@H](C)[C@H](CC(=O)C(C(C)C)N(C)C(=O)CCCSC1=C(SCCCC(=O)N(C)C(C(=O)C[C@H](C(=O)N(C)[C@H](C[C@@H](OC(C)=O)c2nc(C(=O)N[C@@H](Cc3ccccc3)C3OC3(C)C(=O)O)cs2)C(C)C)[C@@H](C)CC)C(C)C)C(=O)N(CCOCCOCCOCCC(=O)NC)C1=O)C(=O)N(C)[C@H](C[C@@H](OC(C)=O)c1nc(C(=O)N[C@@H](Cc2ccccc2)C2OC2(C)C(=O)O)cs1)C(C)C. The zero-order chi connectivity index (χ0) is 101. The van der Waals surface area contributed by atoms with Gasteiger partial charge in [-0.25, -0.2) is 19.6 Å². The van der Waals surface area contributed by atoms with Gasteiger partial charge in [-0.2, -0.15) is 0 Å². The highest BCUT2D eigenvalue weighted by Crippen LogP contribution is 2.44. The molecule has 2 saturated heterocycles. The Balaban J connectivity index is 0.990. The zero-order valence-corrected chi connectivity index (χ0v) is 85.8. The van der Waals surface area contributed by atoms with Crippen molar-refractivity contribution in [2.24, 2.45) is 47.3 Å². The van der Waals surface area contributed by atoms with E-state index in [2.05, 4.69) is 25.9 Å². The summed E-state index contributed by atoms with van der Waals surface area (Å²) in [7, 11) is 7.93. The van der Waals surface area contributed by atoms with E-state index in [1.165, 1.54) is 55.3 Å². The van der Waals surface area contributed by atoms with Gasteiger partial charge >= 0.3 is 23.9 Å². The number of thiazole rings is 2. The Kier molecular flexibility index (Phi) is 44.8. The fraction of sp³-hybridized carbons (Fsp3) is 0.643. The molecule has 136 heavy (non-hydrogen) atoms. The van der Waals surface area contributed by atoms with Gasteiger partial charge in [0, 0.05) is 129 Å². The topological polar surface area (TPSA) is 446 Å². The number of hydrogen-bond acceptors (Lipinski definition) is 28. The third-order valence-corrected chi connectivity index (χ3v) is 30.0. The molecule has 38 heteroatoms. The number of ketones is 2. The standard InChI is InChI=1S/C98H142N10O24S4/c1-22-60(11)66(91(118)104(18)72(56(3)4)52-76(129-62(13)109)89-102-70(54-135-89)87(116)100-68(48-64-32-26-24-27-33-64)85-97(15,131-85)95(122)123)50-74(111)81(58(7)8)106(20)79(114)36-30-46-133-83-84(94(121)108(93(83)120)39-41-127-43-45-128-44-42-126-40-38-78(113)99-17)134-47-31-37-80(115)107(21)82(59(9)10)75(112)51-67(61(12)23-2)92(119)105(19)73(57(5)6)53-77(130-63(14)110)90-103-71(55-136-90)88(117)101-69(49-65-34-28-25-29-35-65)86-98(16,132-86)96(124)125/h24-29,32-35,54-61,66-69,72-73,76-77,81-82,85-86H,22-23,30-31,36-53H2,1-21H3,(H,99,113)(H,100,116)(H,101,117)(H,122,123)(H,124,125)/t60-,61-,66-,67-,68-,69-,72+,73+,76+,77+,81?,82?,85?,86?,97?,98?/m0/s1. The number of imide groups is 1. The minimum atomic E-state index is -1.51. The first-order chi connectivity index (χ1) is 64.3. The summed E-state index contributed by atoms with van der Waals surface area (Å²) in [4.78, 5) is 224. The molecule has 0 aliphatic carbocycles. The van der Waals surface area contributed by atoms with E-state index in [-0.39, 0.29) is 224 Å². The van der Waals surface area contributed by atoms with Crippen molar-refractivity contribution in [3.63, 3.8) is 0 Å². The maximum Gasteiger partial charge on any atom is 0.338 e. The number of esters is 2. The number of carboxylic acid groups (broad SMARTS) is 2. The smallest absolute Gasteiger partial charge is 0.338 e. The quantitative estimate of drug-likeness (QED) is 0.0119. The van der Waals surface area contributed by atoms with Gasteiger partial charge in [0.05, 0.1) is 80.2 Å². The van der Waals surface area contributed by atoms with E-state index < -0.39 is 143 Å². The molecule has 0 spiro atoms. The van der Waals surface area contributed by atoms with Crippen molar-refractivity contribution >= 4 is 135 Å². The lowest BCUT2D eigenvalue weighted by atomic mass is 9.82. The van der Waals surface area contributed by atoms with E-state index in [0.29, 0.717) is 12.8 Å². The van der Waals surface area contributed by atoms with Crippen LogP contribution in [-0.4, -0.2) is 286 Å². The minimum Gasteiger partial charge on any atom is -0.479 e. The molecule has 3 aliphatic rings. The molecule has 9 amide bonds. The van der Waals surface area contributed by atoms with Crippen molar-refractivity contribution in [3.8, 4) is 0 Å². The van der Waals surface area contributed by atoms with Crippen LogP contribution in [0.2, 0.25) is 0 Å². The lowest BCUT2D eigenvalue weighted by Crippen LogP contribution is -2.49. The van der Waals surface area contributed by atoms with Gasteiger partial charge in [-0.3, -0.25) is 67.2 Å². The predicted octanol–water partition coefficient (Wildman–Crippen LogP) is 11.4. The van der Waals surface area contributed by atoms with E-state index in [4.69, 9.17) is 33.2 Å². The second-order valence-electron chi connectivity index (χ2n) is 37.1. The molecule has 4 aromatic rings. The Labute approximate surface area is 815 Å². The fourth-order valence-electron chi connectivity index (χ4n) is 17.2. The van der Waals surface area contributed by atoms with Crippen LogP contribution in [0.3, 0.4) is 0 Å². The Morgan fingerprint density at radius 3 is 1.20 bits per heavy atom. The summed E-state index contributed by atoms with van der Waals surface area (Å²) in [6.07, 6.45) is -1.93. The molecule has 5 N–H and O–H groups in total. The summed E-state index contributed by atoms with van der Waals surface area (Å²) in [5, 5.41) is 31.9. The van der Waals surface area contributed by atoms with Gasteiger partial charge in [0.2, 0.25) is 29.5 Å². The molecule has 0 bridgehead atoms. The number of nitrogens with one attached hydrogen (secondary N) is 3. The third kappa shape index (κ3) is 31.8. The minimum absolute atomic E-state index is 0.000137. The van der Waals surface area contributed by atoms with Gasteiger partial charge in [0.1, 0.15) is 33.6 Å². The second-order valence-corrected chi connectivity index (χ2v) is 41.1. The number of Topliss-reactive ketones (excluding diaryl/α,β-unsaturated/α-hetero) is 2. The maximum atomic E-state index is 15.1. The summed E-state index contributed by atoms with van der Waals surface area (Å²) in [5.74, 6) is -11.4. The first-order valence-corrected chi connectivity index (χ1v) is 50.7. The number of nitrogens with zero attached hydrogens (tertiary/aromatic N) is 7. The Morgan fingerprint density at radius 1 is 0.515 bits per heavy atom. The highest BCUT2D eigenvalue weighted by atomic mass is 32.2. The van der Waals surface area contributed by atoms with E-state index >= 15 is 9.59 Å². The number of carbonyl (C=O) groups is 15. The van der Waals surface area contributed by atoms with E-state index in [9.17, 15) is 72.5 Å². The summed E-state index contributed by atoms with van der Waals surface area (Å²) >= 11 is 4.38. The first-order valence-electron chi connectivity index (χ1n) is 46.9. The third-order valence-electron chi connectivity index (χ3n) is 25.6. The molecular formula is C98H142N10O24S4. The number of epoxide rings is 2. The molecule has 2 aromatic carbocycles. The van der Waals surface area contributed by atoms with Gasteiger partial charge in [-0.1, -0.05) is 157 Å². The van der Waals surface area contributed by atoms with Gasteiger partial charge in [-0.05, 0) is 97.7 Å². The van der Waals surface area contributed by atoms with Crippen LogP contribution in [0.15, 0.2) is 81.2 Å². The number of thioether (sulfide) groups is 2. The molecule has 0 saturated carbocycles. The molecule has 6 unspecified atom stereocenters. The largest absolute Gasteiger partial charge is 0.479 e. The average molecular weight is 1970 g/mol. The second kappa shape index (κ2) is 53.7. The number of amides is 9. The number of likely N-dealkylation sites (N-methyl/N-ethyl adjacent to an activating group) is 2. The molecule has 2 aromatic heterocycles. The predicted molar refractivity (Wildman–Crippen MR) is 516 cm³/mol. The van der Waals surface area contributed by atoms with Gasteiger partial charge in [-0.15, -0.1) is 46.2 Å². The number of hydrogen-bond donors (Lipinski definition) is 5. The normalized spacial score (nSPS) is 19.0. The van der Waals surface area contributed by atoms with Crippen LogP contribution in [0.25, 0.3) is 0 Å². The number of carboxylic acids is 2. The Hall–Kier alpha value is -9.41. The summed E-state index contributed by atoms with van der Waals surface area (Å²) in [6, 6.07) is 13.9. The fourth-order valence-corrected chi connectivity index (χ4v) is 21.1. The highest BCUT2D eigenvalue weighted by Gasteiger charge is 2.64. The summed E-state index contributed by atoms with van der Waals surface area (Å²) in [5.41, 5.74) is -1.34. The molecule has 752 valence electrons. The van der Waals surface area contributed by atoms with Gasteiger partial charge in [0.25, 0.3) is 23.6 Å². The van der Waals surface area contributed by atoms with Crippen LogP contribution in [-0.2, 0) is 108 Å². The number of aliphatic carboxylic acids is 2. The summed E-state index contributed by atoms with van der Waals surface area (Å²) < 4.78 is 40.0. The van der Waals surface area contributed by atoms with Crippen LogP contribution >= 0.6 is 46.2 Å². The molecular weight excluding hydrogens is 1830 g/mol. The number of carbonyl (C=O) groups excluding carboxylic acids is 13. The van der Waals surface area contributed by atoms with Crippen LogP contribution in [0, 0.1) is 47.3 Å². The van der Waals surface area contributed by atoms with Crippen molar-refractivity contribution in [2.45, 2.75) is 266 Å². The average Bonchev–Trinajstić information content (AvgIpc) is 1.59. The van der Waals surface area contributed by atoms with Crippen molar-refractivity contribution in [1.82, 2.24) is 50.4 Å². The van der Waals surface area contributed by atoms with Gasteiger partial charge < -0.3 is 78.9 Å². The Morgan fingerprint density at radius 2 is 0.875 bits per heavy atom. The molecule has 0 radical (unpaired) electrons. The summed E-state index contributed by atoms with van der Waals surface area (Å²) in [6.45, 7) is 28.8. The van der Waals surface area contributed by atoms with Crippen LogP contribution in [0.5, 0.6) is 0 Å². The molecule has 34 nitrogen and oxygen atoms in total. The monoisotopic (exact) mass is 1970 g/mol. The van der Waals surface area contributed by atoms with Crippen molar-refractivity contribution in [2.75, 3.05) is 92.9 Å². The lowest BCUT2D eigenvalue weighted by Gasteiger charge is -2.37. The molecule has 16 atom stereocenters. The van der Waals surface area contributed by atoms with Crippen LogP contribution in [0.4, 0.5) is 0 Å². The van der Waals surface area contributed by atoms with Crippen molar-refractivity contribution in [1.29, 1.82) is 0 Å². The van der Waals surface area contributed by atoms with E-state index in [1.54, 1.807) is 38.0 Å². The number of ether oxygens (including phenoxy) is 7. The van der Waals surface area contributed by atoms with Crippen LogP contribution in [0.1, 0.15) is 236 Å². The van der Waals surface area contributed by atoms with E-state index in [0.717, 1.165) is 62.2 Å². The van der Waals surface area contributed by atoms with Crippen molar-refractivity contribution in [3.05, 3.63) is 114 Å². The van der Waals surface area contributed by atoms with Crippen LogP contribution < -0.4 is 16.0 Å². The molecule has 2 fully saturated rings. The van der Waals surface area contributed by atoms with E-state index in [1.807, 2.05) is 144 Å². The zero-order valence-electron chi connectivity index (χ0n) is 82.5. The molecule has 5 heterocycles. The lowest BCUT2D eigenvalue weighted by molar-refractivity contribution is -0.151. The maximum absolute atomic E-state index is 15.1. The Bertz CT molecular complexity index is 4510. The highest BCUT2D eigenvalue weighted by molar-refractivity contribution is 8.08. The number of aromatic nitrogens is 2. The van der Waals surface area contributed by atoms with Crippen molar-refractivity contribution < 1.29 is 115 Å². The molecule has 7 rings (SSSR count). The van der Waals surface area contributed by atoms with Gasteiger partial charge in [0.15, 0.2) is 35.0 Å². The molecule has 3 aliphatic heterocycles. The number of benzene rings is 2. The first kappa shape index (κ1) is 114. The number of rotatable bonds is 62.